The van der Waals surface area contributed by atoms with E-state index in [9.17, 15) is 14.9 Å². The molecule has 1 aliphatic carbocycles. The van der Waals surface area contributed by atoms with E-state index in [1.165, 1.54) is 18.2 Å². The predicted octanol–water partition coefficient (Wildman–Crippen LogP) is 3.02. The molecule has 1 aromatic carbocycles. The molecule has 2 rings (SSSR count). The zero-order chi connectivity index (χ0) is 14.0. The number of hydrogen-bond donors (Lipinski definition) is 1. The Hall–Kier alpha value is -1.82. The van der Waals surface area contributed by atoms with Crippen molar-refractivity contribution >= 4 is 23.3 Å². The van der Waals surface area contributed by atoms with Crippen molar-refractivity contribution in [1.82, 2.24) is 0 Å². The first-order valence-electron chi connectivity index (χ1n) is 5.77. The quantitative estimate of drug-likeness (QED) is 0.663. The lowest BCUT2D eigenvalue weighted by atomic mass is 9.77. The third-order valence-corrected chi connectivity index (χ3v) is 3.50. The zero-order valence-corrected chi connectivity index (χ0v) is 10.7. The van der Waals surface area contributed by atoms with Crippen LogP contribution in [0, 0.1) is 10.1 Å². The molecule has 0 unspecified atom stereocenters. The molecule has 0 spiro atoms. The van der Waals surface area contributed by atoms with Crippen LogP contribution in [0.2, 0.25) is 5.02 Å². The van der Waals surface area contributed by atoms with Gasteiger partial charge in [-0.05, 0) is 25.3 Å². The van der Waals surface area contributed by atoms with Gasteiger partial charge in [0.2, 0.25) is 5.75 Å². The van der Waals surface area contributed by atoms with Crippen molar-refractivity contribution in [2.45, 2.75) is 31.3 Å². The van der Waals surface area contributed by atoms with Crippen molar-refractivity contribution < 1.29 is 19.6 Å². The lowest BCUT2D eigenvalue weighted by Gasteiger charge is -2.40. The summed E-state index contributed by atoms with van der Waals surface area (Å²) in [6.45, 7) is 0. The lowest BCUT2D eigenvalue weighted by molar-refractivity contribution is -0.386. The molecule has 6 nitrogen and oxygen atoms in total. The molecule has 0 atom stereocenters. The van der Waals surface area contributed by atoms with Gasteiger partial charge in [0.05, 0.1) is 16.4 Å². The maximum absolute atomic E-state index is 10.9. The minimum Gasteiger partial charge on any atom is -0.481 e. The van der Waals surface area contributed by atoms with E-state index in [0.717, 1.165) is 6.42 Å². The van der Waals surface area contributed by atoms with Crippen LogP contribution in [0.25, 0.3) is 0 Å². The van der Waals surface area contributed by atoms with Gasteiger partial charge >= 0.3 is 11.7 Å². The Bertz CT molecular complexity index is 527. The first kappa shape index (κ1) is 13.6. The molecule has 1 N–H and O–H groups in total. The summed E-state index contributed by atoms with van der Waals surface area (Å²) in [5.41, 5.74) is -1.12. The number of aliphatic carboxylic acids is 1. The molecule has 1 fully saturated rings. The normalized spacial score (nSPS) is 16.5. The third kappa shape index (κ3) is 2.78. The van der Waals surface area contributed by atoms with E-state index in [4.69, 9.17) is 21.4 Å². The second kappa shape index (κ2) is 5.05. The highest BCUT2D eigenvalue weighted by Crippen LogP contribution is 2.44. The van der Waals surface area contributed by atoms with Crippen LogP contribution in [-0.2, 0) is 4.79 Å². The van der Waals surface area contributed by atoms with Crippen molar-refractivity contribution in [2.24, 2.45) is 0 Å². The summed E-state index contributed by atoms with van der Waals surface area (Å²) in [6.07, 6.45) is 1.77. The first-order chi connectivity index (χ1) is 8.93. The van der Waals surface area contributed by atoms with Gasteiger partial charge in [-0.2, -0.15) is 0 Å². The fourth-order valence-electron chi connectivity index (χ4n) is 2.12. The van der Waals surface area contributed by atoms with Gasteiger partial charge in [0, 0.05) is 6.07 Å². The van der Waals surface area contributed by atoms with E-state index in [1.807, 2.05) is 0 Å². The molecule has 1 saturated carbocycles. The molecule has 0 aliphatic heterocycles. The van der Waals surface area contributed by atoms with Gasteiger partial charge in [-0.1, -0.05) is 17.7 Å². The SMILES string of the molecule is O=C(O)CC1(Oc2c(Cl)cccc2[N+](=O)[O-])CCC1. The summed E-state index contributed by atoms with van der Waals surface area (Å²) in [5, 5.41) is 19.9. The lowest BCUT2D eigenvalue weighted by Crippen LogP contribution is -2.45. The Kier molecular flexibility index (Phi) is 3.61. The minimum absolute atomic E-state index is 0.0462. The molecule has 0 bridgehead atoms. The Morgan fingerprint density at radius 3 is 2.68 bits per heavy atom. The summed E-state index contributed by atoms with van der Waals surface area (Å²) in [4.78, 5) is 21.2. The molecule has 102 valence electrons. The maximum atomic E-state index is 10.9. The van der Waals surface area contributed by atoms with Crippen molar-refractivity contribution in [1.29, 1.82) is 0 Å². The van der Waals surface area contributed by atoms with Crippen LogP contribution in [0.5, 0.6) is 5.75 Å². The third-order valence-electron chi connectivity index (χ3n) is 3.20. The first-order valence-corrected chi connectivity index (χ1v) is 6.15. The Morgan fingerprint density at radius 2 is 2.21 bits per heavy atom. The molecular formula is C12H12ClNO5. The Morgan fingerprint density at radius 1 is 1.53 bits per heavy atom. The van der Waals surface area contributed by atoms with Gasteiger partial charge in [-0.25, -0.2) is 0 Å². The zero-order valence-electron chi connectivity index (χ0n) is 9.97. The summed E-state index contributed by atoms with van der Waals surface area (Å²) < 4.78 is 5.62. The molecular weight excluding hydrogens is 274 g/mol. The number of carboxylic acids is 1. The number of carbonyl (C=O) groups is 1. The van der Waals surface area contributed by atoms with E-state index >= 15 is 0 Å². The number of nitro groups is 1. The van der Waals surface area contributed by atoms with Crippen molar-refractivity contribution in [2.75, 3.05) is 0 Å². The standard InChI is InChI=1S/C12H12ClNO5/c13-8-3-1-4-9(14(17)18)11(8)19-12(5-2-6-12)7-10(15)16/h1,3-4H,2,5-7H2,(H,15,16). The summed E-state index contributed by atoms with van der Waals surface area (Å²) >= 11 is 5.92. The highest BCUT2D eigenvalue weighted by atomic mass is 35.5. The fraction of sp³-hybridized carbons (Fsp3) is 0.417. The van der Waals surface area contributed by atoms with Gasteiger partial charge < -0.3 is 9.84 Å². The summed E-state index contributed by atoms with van der Waals surface area (Å²) in [5.74, 6) is -1.04. The number of ether oxygens (including phenoxy) is 1. The molecule has 1 aromatic rings. The molecule has 7 heteroatoms. The number of carboxylic acid groups (broad SMARTS) is 1. The number of nitro benzene ring substituents is 1. The maximum Gasteiger partial charge on any atom is 0.312 e. The van der Waals surface area contributed by atoms with Crippen molar-refractivity contribution in [3.8, 4) is 5.75 Å². The topological polar surface area (TPSA) is 89.7 Å². The van der Waals surface area contributed by atoms with E-state index in [2.05, 4.69) is 0 Å². The van der Waals surface area contributed by atoms with Gasteiger partial charge in [0.1, 0.15) is 5.60 Å². The molecule has 0 amide bonds. The van der Waals surface area contributed by atoms with Crippen LogP contribution >= 0.6 is 11.6 Å². The average Bonchev–Trinajstić information content (AvgIpc) is 2.27. The number of halogens is 1. The molecule has 0 aromatic heterocycles. The van der Waals surface area contributed by atoms with Crippen LogP contribution in [0.4, 0.5) is 5.69 Å². The number of hydrogen-bond acceptors (Lipinski definition) is 4. The number of nitrogens with zero attached hydrogens (tertiary/aromatic N) is 1. The Balaban J connectivity index is 2.32. The van der Waals surface area contributed by atoms with Crippen molar-refractivity contribution in [3.63, 3.8) is 0 Å². The molecule has 0 radical (unpaired) electrons. The van der Waals surface area contributed by atoms with E-state index in [-0.39, 0.29) is 22.9 Å². The summed E-state index contributed by atoms with van der Waals surface area (Å²) in [6, 6.07) is 4.23. The number of rotatable bonds is 5. The van der Waals surface area contributed by atoms with Gasteiger partial charge in [-0.15, -0.1) is 0 Å². The second-order valence-corrected chi connectivity index (χ2v) is 4.96. The van der Waals surface area contributed by atoms with E-state index in [1.54, 1.807) is 0 Å². The largest absolute Gasteiger partial charge is 0.481 e. The highest BCUT2D eigenvalue weighted by Gasteiger charge is 2.43. The van der Waals surface area contributed by atoms with E-state index < -0.39 is 16.5 Å². The van der Waals surface area contributed by atoms with Crippen molar-refractivity contribution in [3.05, 3.63) is 33.3 Å². The van der Waals surface area contributed by atoms with Gasteiger partial charge in [0.25, 0.3) is 0 Å². The van der Waals surface area contributed by atoms with Gasteiger partial charge in [-0.3, -0.25) is 14.9 Å². The minimum atomic E-state index is -0.991. The number of para-hydroxylation sites is 1. The van der Waals surface area contributed by atoms with Crippen LogP contribution in [-0.4, -0.2) is 21.6 Å². The molecule has 19 heavy (non-hydrogen) atoms. The number of benzene rings is 1. The fourth-order valence-corrected chi connectivity index (χ4v) is 2.33. The van der Waals surface area contributed by atoms with E-state index in [0.29, 0.717) is 12.8 Å². The second-order valence-electron chi connectivity index (χ2n) is 4.55. The van der Waals surface area contributed by atoms with Crippen LogP contribution in [0.1, 0.15) is 25.7 Å². The highest BCUT2D eigenvalue weighted by molar-refractivity contribution is 6.32. The molecule has 0 heterocycles. The molecule has 1 aliphatic rings. The van der Waals surface area contributed by atoms with Gasteiger partial charge in [0.15, 0.2) is 0 Å². The van der Waals surface area contributed by atoms with Crippen LogP contribution in [0.15, 0.2) is 18.2 Å². The molecule has 0 saturated heterocycles. The predicted molar refractivity (Wildman–Crippen MR) is 67.6 cm³/mol. The van der Waals surface area contributed by atoms with Crippen LogP contribution in [0.3, 0.4) is 0 Å². The smallest absolute Gasteiger partial charge is 0.312 e. The van der Waals surface area contributed by atoms with Crippen LogP contribution < -0.4 is 4.74 Å². The average molecular weight is 286 g/mol. The summed E-state index contributed by atoms with van der Waals surface area (Å²) in [7, 11) is 0. The monoisotopic (exact) mass is 285 g/mol. The Labute approximate surface area is 114 Å².